The summed E-state index contributed by atoms with van der Waals surface area (Å²) in [6.07, 6.45) is 5.83. The van der Waals surface area contributed by atoms with Crippen LogP contribution >= 0.6 is 0 Å². The third-order valence-corrected chi connectivity index (χ3v) is 2.10. The zero-order chi connectivity index (χ0) is 10.4. The van der Waals surface area contributed by atoms with Crippen LogP contribution in [0.25, 0.3) is 0 Å². The molecule has 0 N–H and O–H groups in total. The van der Waals surface area contributed by atoms with Gasteiger partial charge in [0.2, 0.25) is 0 Å². The predicted molar refractivity (Wildman–Crippen MR) is 61.7 cm³/mol. The van der Waals surface area contributed by atoms with Crippen LogP contribution in [-0.2, 0) is 0 Å². The van der Waals surface area contributed by atoms with Crippen molar-refractivity contribution in [1.82, 2.24) is 0 Å². The standard InChI is InChI=1S/C13H18/c1-7-10(3)12(5)9-13(6)11(4)8-2/h7-9H,1,3,5H2,2,4,6H3/b11-8-,13-9-. The second-order valence-corrected chi connectivity index (χ2v) is 3.05. The van der Waals surface area contributed by atoms with Gasteiger partial charge in [-0.3, -0.25) is 0 Å². The van der Waals surface area contributed by atoms with Crippen LogP contribution in [0.15, 0.2) is 60.3 Å². The number of allylic oxidation sites excluding steroid dienone is 7. The topological polar surface area (TPSA) is 0 Å². The van der Waals surface area contributed by atoms with Gasteiger partial charge in [0.1, 0.15) is 0 Å². The highest BCUT2D eigenvalue weighted by Gasteiger charge is 1.95. The quantitative estimate of drug-likeness (QED) is 0.560. The van der Waals surface area contributed by atoms with Crippen molar-refractivity contribution < 1.29 is 0 Å². The van der Waals surface area contributed by atoms with Crippen molar-refractivity contribution >= 4 is 0 Å². The minimum absolute atomic E-state index is 0.878. The molecule has 0 radical (unpaired) electrons. The van der Waals surface area contributed by atoms with Crippen molar-refractivity contribution in [2.45, 2.75) is 20.8 Å². The van der Waals surface area contributed by atoms with Gasteiger partial charge >= 0.3 is 0 Å². The van der Waals surface area contributed by atoms with E-state index in [0.717, 1.165) is 11.1 Å². The van der Waals surface area contributed by atoms with Crippen molar-refractivity contribution in [2.75, 3.05) is 0 Å². The summed E-state index contributed by atoms with van der Waals surface area (Å²) < 4.78 is 0. The first-order valence-corrected chi connectivity index (χ1v) is 4.35. The Kier molecular flexibility index (Phi) is 4.83. The van der Waals surface area contributed by atoms with Crippen LogP contribution in [0.5, 0.6) is 0 Å². The van der Waals surface area contributed by atoms with Crippen molar-refractivity contribution in [1.29, 1.82) is 0 Å². The fourth-order valence-corrected chi connectivity index (χ4v) is 0.827. The zero-order valence-electron chi connectivity index (χ0n) is 8.85. The summed E-state index contributed by atoms with van der Waals surface area (Å²) in [4.78, 5) is 0. The van der Waals surface area contributed by atoms with E-state index < -0.39 is 0 Å². The Labute approximate surface area is 81.7 Å². The van der Waals surface area contributed by atoms with E-state index in [0.29, 0.717) is 0 Å². The molecule has 0 saturated heterocycles. The Bertz CT molecular complexity index is 285. The van der Waals surface area contributed by atoms with Crippen molar-refractivity contribution in [2.24, 2.45) is 0 Å². The van der Waals surface area contributed by atoms with E-state index in [2.05, 4.69) is 39.7 Å². The second-order valence-electron chi connectivity index (χ2n) is 3.05. The van der Waals surface area contributed by atoms with E-state index >= 15 is 0 Å². The molecular weight excluding hydrogens is 156 g/mol. The fourth-order valence-electron chi connectivity index (χ4n) is 0.827. The molecule has 0 heteroatoms. The number of hydrogen-bond donors (Lipinski definition) is 0. The van der Waals surface area contributed by atoms with E-state index in [1.54, 1.807) is 6.08 Å². The van der Waals surface area contributed by atoms with Crippen molar-refractivity contribution in [3.63, 3.8) is 0 Å². The van der Waals surface area contributed by atoms with E-state index in [1.165, 1.54) is 11.1 Å². The van der Waals surface area contributed by atoms with Crippen LogP contribution < -0.4 is 0 Å². The van der Waals surface area contributed by atoms with Gasteiger partial charge in [-0.05, 0) is 37.5 Å². The lowest BCUT2D eigenvalue weighted by Gasteiger charge is -2.03. The highest BCUT2D eigenvalue weighted by molar-refractivity contribution is 5.46. The third-order valence-electron chi connectivity index (χ3n) is 2.10. The molecule has 0 aromatic heterocycles. The van der Waals surface area contributed by atoms with Crippen LogP contribution in [0.1, 0.15) is 20.8 Å². The summed E-state index contributed by atoms with van der Waals surface area (Å²) in [7, 11) is 0. The number of rotatable bonds is 4. The normalized spacial score (nSPS) is 12.5. The van der Waals surface area contributed by atoms with Crippen molar-refractivity contribution in [3.05, 3.63) is 60.3 Å². The minimum atomic E-state index is 0.878. The van der Waals surface area contributed by atoms with Gasteiger partial charge in [-0.2, -0.15) is 0 Å². The molecule has 0 unspecified atom stereocenters. The maximum Gasteiger partial charge on any atom is -0.0259 e. The molecule has 0 nitrogen and oxygen atoms in total. The van der Waals surface area contributed by atoms with Crippen LogP contribution in [0.2, 0.25) is 0 Å². The Morgan fingerprint density at radius 2 is 1.54 bits per heavy atom. The molecule has 0 saturated carbocycles. The first-order valence-electron chi connectivity index (χ1n) is 4.35. The summed E-state index contributed by atoms with van der Waals surface area (Å²) >= 11 is 0. The van der Waals surface area contributed by atoms with Crippen LogP contribution in [0.3, 0.4) is 0 Å². The molecule has 0 atom stereocenters. The third kappa shape index (κ3) is 3.75. The summed E-state index contributed by atoms with van der Waals surface area (Å²) in [6, 6.07) is 0. The predicted octanol–water partition coefficient (Wildman–Crippen LogP) is 4.20. The lowest BCUT2D eigenvalue weighted by atomic mass is 10.0. The molecular formula is C13H18. The first-order chi connectivity index (χ1) is 6.02. The van der Waals surface area contributed by atoms with Gasteiger partial charge in [-0.15, -0.1) is 0 Å². The van der Waals surface area contributed by atoms with Gasteiger partial charge in [-0.1, -0.05) is 43.5 Å². The minimum Gasteiger partial charge on any atom is -0.0985 e. The van der Waals surface area contributed by atoms with Gasteiger partial charge in [0.15, 0.2) is 0 Å². The highest BCUT2D eigenvalue weighted by atomic mass is 14.0. The van der Waals surface area contributed by atoms with E-state index in [1.807, 2.05) is 13.0 Å². The number of hydrogen-bond acceptors (Lipinski definition) is 0. The summed E-state index contributed by atoms with van der Waals surface area (Å²) in [5.41, 5.74) is 4.28. The second kappa shape index (κ2) is 5.36. The lowest BCUT2D eigenvalue weighted by Crippen LogP contribution is -1.83. The molecule has 0 aliphatic rings. The molecule has 0 spiro atoms. The average Bonchev–Trinajstić information content (AvgIpc) is 2.14. The monoisotopic (exact) mass is 174 g/mol. The summed E-state index contributed by atoms with van der Waals surface area (Å²) in [5, 5.41) is 0. The fraction of sp³-hybridized carbons (Fsp3) is 0.231. The molecule has 0 fully saturated rings. The van der Waals surface area contributed by atoms with Crippen LogP contribution in [0.4, 0.5) is 0 Å². The Morgan fingerprint density at radius 3 is 1.92 bits per heavy atom. The molecule has 0 bridgehead atoms. The molecule has 0 aliphatic heterocycles. The van der Waals surface area contributed by atoms with Gasteiger partial charge in [0, 0.05) is 0 Å². The van der Waals surface area contributed by atoms with E-state index in [4.69, 9.17) is 0 Å². The first kappa shape index (κ1) is 11.7. The molecule has 0 aromatic rings. The highest BCUT2D eigenvalue weighted by Crippen LogP contribution is 2.15. The molecule has 0 heterocycles. The molecule has 0 aromatic carbocycles. The van der Waals surface area contributed by atoms with Gasteiger partial charge in [0.05, 0.1) is 0 Å². The smallest absolute Gasteiger partial charge is 0.0259 e. The van der Waals surface area contributed by atoms with Gasteiger partial charge < -0.3 is 0 Å². The molecule has 0 rings (SSSR count). The zero-order valence-corrected chi connectivity index (χ0v) is 8.85. The largest absolute Gasteiger partial charge is 0.0985 e. The Morgan fingerprint density at radius 1 is 1.00 bits per heavy atom. The SMILES string of the molecule is C=CC(=C)C(=C)/C=C(C)\C(C)=C/C. The van der Waals surface area contributed by atoms with E-state index in [9.17, 15) is 0 Å². The maximum absolute atomic E-state index is 3.91. The maximum atomic E-state index is 3.91. The summed E-state index contributed by atoms with van der Waals surface area (Å²) in [5.74, 6) is 0. The molecule has 13 heavy (non-hydrogen) atoms. The van der Waals surface area contributed by atoms with E-state index in [-0.39, 0.29) is 0 Å². The lowest BCUT2D eigenvalue weighted by molar-refractivity contribution is 1.31. The molecule has 0 aliphatic carbocycles. The van der Waals surface area contributed by atoms with Gasteiger partial charge in [-0.25, -0.2) is 0 Å². The van der Waals surface area contributed by atoms with Crippen molar-refractivity contribution in [3.8, 4) is 0 Å². The van der Waals surface area contributed by atoms with Crippen LogP contribution in [-0.4, -0.2) is 0 Å². The van der Waals surface area contributed by atoms with Gasteiger partial charge in [0.25, 0.3) is 0 Å². The molecule has 70 valence electrons. The van der Waals surface area contributed by atoms with Crippen LogP contribution in [0, 0.1) is 0 Å². The Hall–Kier alpha value is -1.30. The summed E-state index contributed by atoms with van der Waals surface area (Å²) in [6.45, 7) is 17.6. The average molecular weight is 174 g/mol. The molecule has 0 amide bonds. The Balaban J connectivity index is 4.67.